The van der Waals surface area contributed by atoms with Crippen LogP contribution in [-0.4, -0.2) is 21.5 Å². The molecule has 0 radical (unpaired) electrons. The molecule has 226 valence electrons. The summed E-state index contributed by atoms with van der Waals surface area (Å²) in [5.41, 5.74) is 16.2. The zero-order chi connectivity index (χ0) is 31.5. The summed E-state index contributed by atoms with van der Waals surface area (Å²) in [5, 5.41) is 14.2. The number of nitrogens with zero attached hydrogens (tertiary/aromatic N) is 2. The lowest BCUT2D eigenvalue weighted by molar-refractivity contribution is 0.475. The lowest BCUT2D eigenvalue weighted by atomic mass is 9.88. The largest absolute Gasteiger partial charge is 0.507 e. The minimum absolute atomic E-state index is 0.000638. The van der Waals surface area contributed by atoms with Crippen LogP contribution in [-0.2, 0) is 18.3 Å². The van der Waals surface area contributed by atoms with Crippen LogP contribution in [0.3, 0.4) is 0 Å². The molecule has 0 saturated heterocycles. The Morgan fingerprint density at radius 2 is 1.07 bits per heavy atom. The molecule has 44 heavy (non-hydrogen) atoms. The van der Waals surface area contributed by atoms with Gasteiger partial charge in [0.2, 0.25) is 0 Å². The summed E-state index contributed by atoms with van der Waals surface area (Å²) < 4.78 is 0. The topological polar surface area (TPSA) is 60.7 Å². The van der Waals surface area contributed by atoms with Crippen molar-refractivity contribution in [3.05, 3.63) is 96.5 Å². The van der Waals surface area contributed by atoms with Gasteiger partial charge in [-0.1, -0.05) is 72.7 Å². The maximum Gasteiger partial charge on any atom is 0.131 e. The number of allylic oxidation sites excluding steroid dienone is 4. The van der Waals surface area contributed by atoms with Gasteiger partial charge in [-0.25, -0.2) is 9.98 Å². The molecule has 3 aliphatic heterocycles. The van der Waals surface area contributed by atoms with E-state index >= 15 is 0 Å². The zero-order valence-electron chi connectivity index (χ0n) is 27.8. The van der Waals surface area contributed by atoms with Crippen LogP contribution >= 0.6 is 0 Å². The van der Waals surface area contributed by atoms with E-state index in [0.29, 0.717) is 0 Å². The number of fused-ring (bicyclic) bond motifs is 9. The van der Waals surface area contributed by atoms with E-state index in [1.165, 1.54) is 27.8 Å². The van der Waals surface area contributed by atoms with Crippen LogP contribution in [0.2, 0.25) is 0 Å². The van der Waals surface area contributed by atoms with Crippen molar-refractivity contribution in [2.45, 2.75) is 93.4 Å². The molecule has 1 aromatic heterocycles. The van der Waals surface area contributed by atoms with Crippen molar-refractivity contribution in [3.8, 4) is 16.9 Å². The van der Waals surface area contributed by atoms with E-state index < -0.39 is 0 Å². The second kappa shape index (κ2) is 11.1. The maximum atomic E-state index is 11.9. The molecule has 2 aliphatic carbocycles. The summed E-state index contributed by atoms with van der Waals surface area (Å²) in [6, 6.07) is 8.73. The van der Waals surface area contributed by atoms with Gasteiger partial charge in [0.1, 0.15) is 5.75 Å². The van der Waals surface area contributed by atoms with Crippen molar-refractivity contribution in [1.82, 2.24) is 4.98 Å². The highest BCUT2D eigenvalue weighted by Crippen LogP contribution is 2.46. The predicted molar refractivity (Wildman–Crippen MR) is 188 cm³/mol. The van der Waals surface area contributed by atoms with Gasteiger partial charge in [0.05, 0.1) is 22.8 Å². The summed E-state index contributed by atoms with van der Waals surface area (Å²) >= 11 is 0. The fraction of sp³-hybridized carbons (Fsp3) is 0.350. The molecule has 0 unspecified atom stereocenters. The first-order chi connectivity index (χ1) is 21.0. The third-order valence-corrected chi connectivity index (χ3v) is 9.70. The van der Waals surface area contributed by atoms with E-state index in [-0.39, 0.29) is 11.2 Å². The summed E-state index contributed by atoms with van der Waals surface area (Å²) in [7, 11) is 0. The average molecular weight is 584 g/mol. The fourth-order valence-electron chi connectivity index (χ4n) is 7.13. The second-order valence-corrected chi connectivity index (χ2v) is 13.2. The number of aromatic nitrogens is 1. The Morgan fingerprint density at radius 1 is 0.636 bits per heavy atom. The maximum absolute atomic E-state index is 11.9. The first-order valence-electron chi connectivity index (χ1n) is 16.2. The smallest absolute Gasteiger partial charge is 0.131 e. The van der Waals surface area contributed by atoms with Gasteiger partial charge in [-0.2, -0.15) is 0 Å². The highest BCUT2D eigenvalue weighted by atomic mass is 16.3. The first kappa shape index (κ1) is 29.9. The van der Waals surface area contributed by atoms with Gasteiger partial charge < -0.3 is 10.1 Å². The van der Waals surface area contributed by atoms with Crippen molar-refractivity contribution < 1.29 is 5.11 Å². The van der Waals surface area contributed by atoms with Gasteiger partial charge in [0.25, 0.3) is 0 Å². The molecule has 2 N–H and O–H groups in total. The molecule has 4 nitrogen and oxygen atoms in total. The average Bonchev–Trinajstić information content (AvgIpc) is 3.57. The molecule has 4 heterocycles. The summed E-state index contributed by atoms with van der Waals surface area (Å²) in [6.07, 6.45) is 12.3. The van der Waals surface area contributed by atoms with Gasteiger partial charge in [0, 0.05) is 21.8 Å². The van der Waals surface area contributed by atoms with Crippen LogP contribution < -0.4 is 10.7 Å². The number of aromatic hydroxyl groups is 1. The molecule has 8 bridgehead atoms. The lowest BCUT2D eigenvalue weighted by Gasteiger charge is -2.17. The number of hydrogen-bond donors (Lipinski definition) is 2. The van der Waals surface area contributed by atoms with E-state index in [1.54, 1.807) is 0 Å². The Bertz CT molecular complexity index is 1860. The third-order valence-electron chi connectivity index (χ3n) is 9.70. The van der Waals surface area contributed by atoms with E-state index in [0.717, 1.165) is 92.6 Å². The number of hydrogen-bond acceptors (Lipinski definition) is 3. The van der Waals surface area contributed by atoms with Gasteiger partial charge in [-0.05, 0) is 119 Å². The van der Waals surface area contributed by atoms with E-state index in [1.807, 2.05) is 0 Å². The monoisotopic (exact) mass is 583 g/mol. The van der Waals surface area contributed by atoms with Crippen molar-refractivity contribution >= 4 is 35.7 Å². The molecule has 4 heteroatoms. The normalized spacial score (nSPS) is 16.6. The standard InChI is InChI=1S/C40H45N3O/c1-10-25-22(5)33-18-31-29-16-14-24(40(7,8)9)15-17-30(29)32(39(31)44)19-34-23(6)26(11-2)36(42-34)21-38-28(13-4)27(12-3)37(43-38)20-35(25)41-33/h14-21,43-44H,10-13H2,1-9H3. The zero-order valence-corrected chi connectivity index (χ0v) is 27.8. The molecule has 0 atom stereocenters. The Kier molecular flexibility index (Phi) is 7.52. The summed E-state index contributed by atoms with van der Waals surface area (Å²) in [4.78, 5) is 14.2. The number of nitrogens with one attached hydrogen (secondary N) is 1. The number of rotatable bonds is 4. The molecule has 6 rings (SSSR count). The molecule has 0 aromatic carbocycles. The fourth-order valence-corrected chi connectivity index (χ4v) is 7.13. The number of H-pyrrole nitrogens is 1. The quantitative estimate of drug-likeness (QED) is 0.318. The Hall–Kier alpha value is -4.18. The van der Waals surface area contributed by atoms with Crippen LogP contribution in [0.4, 0.5) is 0 Å². The second-order valence-electron chi connectivity index (χ2n) is 13.2. The SMILES string of the molecule is CCC1=C(C)C2=Cc3c4ccc(C(C)(C)C)ccc-4c(c3O)C=C3N=C(C=c4[nH]c(c(CC)c4CC)=CC1=N2)C(CC)=C3C. The van der Waals surface area contributed by atoms with E-state index in [4.69, 9.17) is 9.98 Å². The van der Waals surface area contributed by atoms with Crippen molar-refractivity contribution in [2.24, 2.45) is 9.98 Å². The Morgan fingerprint density at radius 3 is 1.43 bits per heavy atom. The van der Waals surface area contributed by atoms with Crippen LogP contribution in [0.1, 0.15) is 103 Å². The van der Waals surface area contributed by atoms with Crippen LogP contribution in [0.5, 0.6) is 5.75 Å². The lowest BCUT2D eigenvalue weighted by Crippen LogP contribution is -2.16. The van der Waals surface area contributed by atoms with Crippen LogP contribution in [0.15, 0.2) is 67.9 Å². The minimum Gasteiger partial charge on any atom is -0.507 e. The van der Waals surface area contributed by atoms with Gasteiger partial charge in [0.15, 0.2) is 0 Å². The molecular formula is C40H45N3O. The molecule has 1 aromatic rings. The minimum atomic E-state index is 0.000638. The predicted octanol–water partition coefficient (Wildman–Crippen LogP) is 8.57. The number of aliphatic imine (C=N–C) groups is 2. The molecule has 0 amide bonds. The van der Waals surface area contributed by atoms with Crippen LogP contribution in [0, 0.1) is 0 Å². The van der Waals surface area contributed by atoms with Crippen molar-refractivity contribution in [2.75, 3.05) is 0 Å². The Balaban J connectivity index is 1.76. The van der Waals surface area contributed by atoms with Gasteiger partial charge >= 0.3 is 0 Å². The highest BCUT2D eigenvalue weighted by Gasteiger charge is 2.27. The Labute approximate surface area is 262 Å². The molecule has 5 aliphatic rings. The van der Waals surface area contributed by atoms with E-state index in [9.17, 15) is 5.11 Å². The first-order valence-corrected chi connectivity index (χ1v) is 16.2. The van der Waals surface area contributed by atoms with Crippen molar-refractivity contribution in [3.63, 3.8) is 0 Å². The van der Waals surface area contributed by atoms with Crippen LogP contribution in [0.25, 0.3) is 35.4 Å². The summed E-state index contributed by atoms with van der Waals surface area (Å²) in [5.74, 6) is 0.279. The molecular weight excluding hydrogens is 538 g/mol. The highest BCUT2D eigenvalue weighted by molar-refractivity contribution is 6.24. The van der Waals surface area contributed by atoms with Gasteiger partial charge in [-0.15, -0.1) is 0 Å². The van der Waals surface area contributed by atoms with E-state index in [2.05, 4.69) is 116 Å². The third kappa shape index (κ3) is 4.76. The molecule has 0 saturated carbocycles. The van der Waals surface area contributed by atoms with Gasteiger partial charge in [-0.3, -0.25) is 0 Å². The summed E-state index contributed by atoms with van der Waals surface area (Å²) in [6.45, 7) is 19.9. The number of aromatic amines is 1. The molecule has 0 spiro atoms. The molecule has 0 fully saturated rings. The van der Waals surface area contributed by atoms with Crippen molar-refractivity contribution in [1.29, 1.82) is 0 Å².